The van der Waals surface area contributed by atoms with Crippen LogP contribution in [-0.2, 0) is 0 Å². The van der Waals surface area contributed by atoms with E-state index in [4.69, 9.17) is 4.42 Å². The van der Waals surface area contributed by atoms with Crippen molar-refractivity contribution in [1.82, 2.24) is 19.9 Å². The van der Waals surface area contributed by atoms with Crippen LogP contribution >= 0.6 is 0 Å². The van der Waals surface area contributed by atoms with E-state index < -0.39 is 0 Å². The van der Waals surface area contributed by atoms with E-state index in [1.807, 2.05) is 48.5 Å². The van der Waals surface area contributed by atoms with Crippen molar-refractivity contribution in [2.45, 2.75) is 0 Å². The lowest BCUT2D eigenvalue weighted by atomic mass is 10.2. The Kier molecular flexibility index (Phi) is 2.43. The highest BCUT2D eigenvalue weighted by molar-refractivity contribution is 5.98. The number of rotatable bonds is 1. The first-order valence-electron chi connectivity index (χ1n) is 7.25. The number of furan rings is 1. The average Bonchev–Trinajstić information content (AvgIpc) is 2.99. The minimum absolute atomic E-state index is 0.478. The monoisotopic (exact) mass is 298 g/mol. The maximum atomic E-state index is 5.74. The number of para-hydroxylation sites is 1. The second kappa shape index (κ2) is 4.58. The minimum atomic E-state index is 0.478. The highest BCUT2D eigenvalue weighted by atomic mass is 16.3. The van der Waals surface area contributed by atoms with Crippen LogP contribution in [0.3, 0.4) is 0 Å². The molecule has 0 aliphatic rings. The van der Waals surface area contributed by atoms with Gasteiger partial charge in [-0.25, -0.2) is 15.0 Å². The molecule has 1 aromatic carbocycles. The van der Waals surface area contributed by atoms with Gasteiger partial charge in [-0.3, -0.25) is 4.98 Å². The van der Waals surface area contributed by atoms with Crippen LogP contribution in [0.5, 0.6) is 0 Å². The van der Waals surface area contributed by atoms with Crippen molar-refractivity contribution < 1.29 is 4.42 Å². The second-order valence-electron chi connectivity index (χ2n) is 5.25. The predicted octanol–water partition coefficient (Wildman–Crippen LogP) is 3.99. The molecule has 0 aliphatic carbocycles. The van der Waals surface area contributed by atoms with Crippen molar-refractivity contribution in [1.29, 1.82) is 0 Å². The highest BCUT2D eigenvalue weighted by Gasteiger charge is 2.12. The molecule has 0 saturated carbocycles. The molecule has 108 valence electrons. The van der Waals surface area contributed by atoms with Gasteiger partial charge < -0.3 is 4.42 Å². The molecule has 0 amide bonds. The molecule has 0 radical (unpaired) electrons. The van der Waals surface area contributed by atoms with Crippen LogP contribution in [0.1, 0.15) is 0 Å². The van der Waals surface area contributed by atoms with Crippen molar-refractivity contribution in [2.75, 3.05) is 0 Å². The largest absolute Gasteiger partial charge is 0.435 e. The van der Waals surface area contributed by atoms with Crippen LogP contribution < -0.4 is 0 Å². The second-order valence-corrected chi connectivity index (χ2v) is 5.25. The molecule has 0 fully saturated rings. The quantitative estimate of drug-likeness (QED) is 0.468. The van der Waals surface area contributed by atoms with Crippen molar-refractivity contribution in [2.24, 2.45) is 0 Å². The zero-order valence-corrected chi connectivity index (χ0v) is 12.0. The maximum absolute atomic E-state index is 5.74. The average molecular weight is 298 g/mol. The maximum Gasteiger partial charge on any atom is 0.248 e. The van der Waals surface area contributed by atoms with Crippen molar-refractivity contribution in [3.63, 3.8) is 0 Å². The fourth-order valence-corrected chi connectivity index (χ4v) is 2.69. The molecule has 5 aromatic rings. The van der Waals surface area contributed by atoms with Crippen molar-refractivity contribution >= 4 is 33.2 Å². The first kappa shape index (κ1) is 12.2. The summed E-state index contributed by atoms with van der Waals surface area (Å²) in [5.74, 6) is 0. The molecule has 0 saturated heterocycles. The van der Waals surface area contributed by atoms with Crippen molar-refractivity contribution in [3.05, 3.63) is 60.9 Å². The molecule has 5 heteroatoms. The Labute approximate surface area is 130 Å². The van der Waals surface area contributed by atoms with Crippen LogP contribution in [-0.4, -0.2) is 19.9 Å². The molecular weight excluding hydrogens is 288 g/mol. The lowest BCUT2D eigenvalue weighted by Crippen LogP contribution is -1.90. The van der Waals surface area contributed by atoms with E-state index in [1.54, 1.807) is 12.4 Å². The molecule has 0 atom stereocenters. The Morgan fingerprint density at radius 3 is 2.70 bits per heavy atom. The number of fused-ring (bicyclic) bond motifs is 4. The van der Waals surface area contributed by atoms with Gasteiger partial charge in [-0.1, -0.05) is 24.3 Å². The van der Waals surface area contributed by atoms with Gasteiger partial charge in [-0.15, -0.1) is 0 Å². The molecule has 0 unspecified atom stereocenters. The molecule has 0 N–H and O–H groups in total. The van der Waals surface area contributed by atoms with E-state index in [0.29, 0.717) is 22.5 Å². The third-order valence-corrected chi connectivity index (χ3v) is 3.80. The first-order valence-corrected chi connectivity index (χ1v) is 7.25. The Morgan fingerprint density at radius 1 is 0.739 bits per heavy atom. The number of hydrogen-bond donors (Lipinski definition) is 0. The number of pyridine rings is 2. The SMILES string of the molecule is c1ccc2nc(-c3cnc4c(n3)oc3cccnc34)ccc2c1. The predicted molar refractivity (Wildman–Crippen MR) is 87.8 cm³/mol. The van der Waals surface area contributed by atoms with Crippen LogP contribution in [0.15, 0.2) is 65.3 Å². The molecular formula is C18H10N4O. The van der Waals surface area contributed by atoms with E-state index in [1.165, 1.54) is 0 Å². The lowest BCUT2D eigenvalue weighted by Gasteiger charge is -2.01. The third-order valence-electron chi connectivity index (χ3n) is 3.80. The van der Waals surface area contributed by atoms with E-state index in [-0.39, 0.29) is 0 Å². The topological polar surface area (TPSA) is 64.7 Å². The summed E-state index contributed by atoms with van der Waals surface area (Å²) in [6.07, 6.45) is 3.43. The first-order chi connectivity index (χ1) is 11.4. The lowest BCUT2D eigenvalue weighted by molar-refractivity contribution is 0.653. The van der Waals surface area contributed by atoms with Crippen LogP contribution in [0.25, 0.3) is 44.6 Å². The Bertz CT molecular complexity index is 1180. The smallest absolute Gasteiger partial charge is 0.248 e. The molecule has 0 bridgehead atoms. The molecule has 4 aromatic heterocycles. The fraction of sp³-hybridized carbons (Fsp3) is 0. The summed E-state index contributed by atoms with van der Waals surface area (Å²) in [5.41, 5.74) is 4.95. The zero-order chi connectivity index (χ0) is 15.2. The molecule has 4 heterocycles. The minimum Gasteiger partial charge on any atom is -0.435 e. The number of hydrogen-bond acceptors (Lipinski definition) is 5. The number of nitrogens with zero attached hydrogens (tertiary/aromatic N) is 4. The van der Waals surface area contributed by atoms with Gasteiger partial charge in [0.25, 0.3) is 0 Å². The van der Waals surface area contributed by atoms with Crippen LogP contribution in [0.4, 0.5) is 0 Å². The standard InChI is InChI=1S/C18H10N4O/c1-2-5-12-11(4-1)7-8-13(21-12)14-10-20-17-16-15(6-3-9-19-16)23-18(17)22-14/h1-10H. The van der Waals surface area contributed by atoms with Gasteiger partial charge in [0, 0.05) is 11.6 Å². The van der Waals surface area contributed by atoms with Crippen LogP contribution in [0, 0.1) is 0 Å². The summed E-state index contributed by atoms with van der Waals surface area (Å²) in [5, 5.41) is 1.10. The Hall–Kier alpha value is -3.34. The normalized spacial score (nSPS) is 11.5. The summed E-state index contributed by atoms with van der Waals surface area (Å²) >= 11 is 0. The Morgan fingerprint density at radius 2 is 1.70 bits per heavy atom. The molecule has 23 heavy (non-hydrogen) atoms. The van der Waals surface area contributed by atoms with Crippen molar-refractivity contribution in [3.8, 4) is 11.4 Å². The van der Waals surface area contributed by atoms with E-state index in [9.17, 15) is 0 Å². The highest BCUT2D eigenvalue weighted by Crippen LogP contribution is 2.26. The summed E-state index contributed by atoms with van der Waals surface area (Å²) in [4.78, 5) is 18.0. The number of aromatic nitrogens is 4. The van der Waals surface area contributed by atoms with Crippen LogP contribution in [0.2, 0.25) is 0 Å². The summed E-state index contributed by atoms with van der Waals surface area (Å²) in [6, 6.07) is 15.6. The summed E-state index contributed by atoms with van der Waals surface area (Å²) in [6.45, 7) is 0. The molecule has 0 aliphatic heterocycles. The summed E-state index contributed by atoms with van der Waals surface area (Å²) in [7, 11) is 0. The zero-order valence-electron chi connectivity index (χ0n) is 12.0. The van der Waals surface area contributed by atoms with Gasteiger partial charge >= 0.3 is 0 Å². The van der Waals surface area contributed by atoms with Gasteiger partial charge in [-0.05, 0) is 24.3 Å². The van der Waals surface area contributed by atoms with Gasteiger partial charge in [0.1, 0.15) is 11.2 Å². The van der Waals surface area contributed by atoms with Gasteiger partial charge in [0.2, 0.25) is 5.71 Å². The fourth-order valence-electron chi connectivity index (χ4n) is 2.69. The van der Waals surface area contributed by atoms with Gasteiger partial charge in [0.15, 0.2) is 11.1 Å². The number of benzene rings is 1. The summed E-state index contributed by atoms with van der Waals surface area (Å²) < 4.78 is 5.74. The Balaban J connectivity index is 1.73. The van der Waals surface area contributed by atoms with E-state index in [2.05, 4.69) is 19.9 Å². The third kappa shape index (κ3) is 1.87. The van der Waals surface area contributed by atoms with Gasteiger partial charge in [0.05, 0.1) is 17.4 Å². The van der Waals surface area contributed by atoms with Gasteiger partial charge in [-0.2, -0.15) is 0 Å². The van der Waals surface area contributed by atoms with E-state index >= 15 is 0 Å². The molecule has 5 nitrogen and oxygen atoms in total. The van der Waals surface area contributed by atoms with E-state index in [0.717, 1.165) is 22.1 Å². The molecule has 0 spiro atoms. The molecule has 5 rings (SSSR count).